The standard InChI is InChI=1S/C28H37FN4O/c1-30-28(34)11-10-23-20-33(24-18-21-6-2-3-7-22(21)19-24)13-12-26(23)31-14-16-32(17-15-31)27-9-5-4-8-25(27)29/h2-9,23-24,26H,10-20H2,1H3,(H,30,34)/t23-,26+/m0/s1. The number of carbonyl (C=O) groups excluding carboxylic acids is 1. The molecule has 182 valence electrons. The lowest BCUT2D eigenvalue weighted by molar-refractivity contribution is -0.121. The van der Waals surface area contributed by atoms with Gasteiger partial charge in [-0.3, -0.25) is 14.6 Å². The Labute approximate surface area is 202 Å². The van der Waals surface area contributed by atoms with Crippen molar-refractivity contribution in [3.8, 4) is 0 Å². The van der Waals surface area contributed by atoms with Crippen LogP contribution in [-0.2, 0) is 17.6 Å². The van der Waals surface area contributed by atoms with Gasteiger partial charge in [-0.15, -0.1) is 0 Å². The van der Waals surface area contributed by atoms with Crippen molar-refractivity contribution < 1.29 is 9.18 Å². The number of fused-ring (bicyclic) bond motifs is 1. The minimum absolute atomic E-state index is 0.133. The van der Waals surface area contributed by atoms with Crippen molar-refractivity contribution in [1.82, 2.24) is 15.1 Å². The number of para-hydroxylation sites is 1. The Balaban J connectivity index is 1.23. The van der Waals surface area contributed by atoms with Crippen LogP contribution in [0, 0.1) is 11.7 Å². The van der Waals surface area contributed by atoms with E-state index in [1.165, 1.54) is 11.1 Å². The molecule has 34 heavy (non-hydrogen) atoms. The van der Waals surface area contributed by atoms with Gasteiger partial charge in [-0.1, -0.05) is 36.4 Å². The fraction of sp³-hybridized carbons (Fsp3) is 0.536. The van der Waals surface area contributed by atoms with Gasteiger partial charge in [0.2, 0.25) is 5.91 Å². The van der Waals surface area contributed by atoms with E-state index in [2.05, 4.69) is 44.3 Å². The van der Waals surface area contributed by atoms with Crippen LogP contribution in [0.15, 0.2) is 48.5 Å². The zero-order valence-electron chi connectivity index (χ0n) is 20.3. The van der Waals surface area contributed by atoms with Gasteiger partial charge in [-0.2, -0.15) is 0 Å². The molecule has 3 aliphatic rings. The van der Waals surface area contributed by atoms with Crippen molar-refractivity contribution in [2.75, 3.05) is 51.2 Å². The van der Waals surface area contributed by atoms with Crippen molar-refractivity contribution in [2.24, 2.45) is 5.92 Å². The summed E-state index contributed by atoms with van der Waals surface area (Å²) in [4.78, 5) is 19.6. The highest BCUT2D eigenvalue weighted by atomic mass is 19.1. The summed E-state index contributed by atoms with van der Waals surface area (Å²) in [6.07, 6.45) is 4.94. The van der Waals surface area contributed by atoms with Crippen LogP contribution in [0.3, 0.4) is 0 Å². The van der Waals surface area contributed by atoms with Gasteiger partial charge in [0.05, 0.1) is 5.69 Å². The molecule has 2 fully saturated rings. The van der Waals surface area contributed by atoms with Crippen molar-refractivity contribution >= 4 is 11.6 Å². The Morgan fingerprint density at radius 2 is 1.62 bits per heavy atom. The molecule has 0 unspecified atom stereocenters. The van der Waals surface area contributed by atoms with Gasteiger partial charge in [-0.25, -0.2) is 4.39 Å². The van der Waals surface area contributed by atoms with E-state index in [-0.39, 0.29) is 11.7 Å². The first-order chi connectivity index (χ1) is 16.6. The molecule has 0 bridgehead atoms. The second kappa shape index (κ2) is 10.4. The van der Waals surface area contributed by atoms with Gasteiger partial charge in [-0.05, 0) is 61.4 Å². The van der Waals surface area contributed by atoms with Crippen molar-refractivity contribution in [3.05, 3.63) is 65.5 Å². The van der Waals surface area contributed by atoms with Gasteiger partial charge in [0.15, 0.2) is 0 Å². The van der Waals surface area contributed by atoms with Crippen LogP contribution in [0.4, 0.5) is 10.1 Å². The number of likely N-dealkylation sites (tertiary alicyclic amines) is 1. The third-order valence-electron chi connectivity index (χ3n) is 8.27. The minimum Gasteiger partial charge on any atom is -0.367 e. The Hall–Kier alpha value is -2.44. The molecule has 2 saturated heterocycles. The lowest BCUT2D eigenvalue weighted by atomic mass is 9.85. The summed E-state index contributed by atoms with van der Waals surface area (Å²) < 4.78 is 14.3. The van der Waals surface area contributed by atoms with Gasteiger partial charge in [0.1, 0.15) is 5.82 Å². The number of amides is 1. The first-order valence-electron chi connectivity index (χ1n) is 12.9. The highest BCUT2D eigenvalue weighted by Gasteiger charge is 2.38. The highest BCUT2D eigenvalue weighted by molar-refractivity contribution is 5.75. The fourth-order valence-electron chi connectivity index (χ4n) is 6.38. The summed E-state index contributed by atoms with van der Waals surface area (Å²) >= 11 is 0. The average molecular weight is 465 g/mol. The molecule has 2 aromatic rings. The molecule has 1 amide bonds. The summed E-state index contributed by atoms with van der Waals surface area (Å²) in [6, 6.07) is 17.0. The smallest absolute Gasteiger partial charge is 0.219 e. The van der Waals surface area contributed by atoms with E-state index in [1.807, 2.05) is 12.1 Å². The summed E-state index contributed by atoms with van der Waals surface area (Å²) in [5.41, 5.74) is 3.72. The van der Waals surface area contributed by atoms with Gasteiger partial charge in [0.25, 0.3) is 0 Å². The van der Waals surface area contributed by atoms with Crippen LogP contribution >= 0.6 is 0 Å². The molecule has 0 aromatic heterocycles. The summed E-state index contributed by atoms with van der Waals surface area (Å²) in [5, 5.41) is 2.80. The first-order valence-corrected chi connectivity index (χ1v) is 12.9. The van der Waals surface area contributed by atoms with E-state index >= 15 is 0 Å². The van der Waals surface area contributed by atoms with E-state index in [9.17, 15) is 9.18 Å². The van der Waals surface area contributed by atoms with E-state index in [1.54, 1.807) is 19.2 Å². The lowest BCUT2D eigenvalue weighted by Gasteiger charge is -2.48. The number of halogens is 1. The number of nitrogens with zero attached hydrogens (tertiary/aromatic N) is 3. The second-order valence-electron chi connectivity index (χ2n) is 10.1. The third kappa shape index (κ3) is 4.98. The third-order valence-corrected chi connectivity index (χ3v) is 8.27. The molecular formula is C28H37FN4O. The number of nitrogens with one attached hydrogen (secondary N) is 1. The normalized spacial score (nSPS) is 24.2. The minimum atomic E-state index is -0.134. The molecule has 2 heterocycles. The van der Waals surface area contributed by atoms with E-state index in [0.717, 1.165) is 65.0 Å². The van der Waals surface area contributed by atoms with Gasteiger partial charge in [0, 0.05) is 58.3 Å². The van der Waals surface area contributed by atoms with Crippen LogP contribution < -0.4 is 10.2 Å². The monoisotopic (exact) mass is 464 g/mol. The van der Waals surface area contributed by atoms with Crippen LogP contribution in [0.5, 0.6) is 0 Å². The lowest BCUT2D eigenvalue weighted by Crippen LogP contribution is -2.58. The maximum Gasteiger partial charge on any atom is 0.219 e. The number of hydrogen-bond donors (Lipinski definition) is 1. The Bertz CT molecular complexity index is 965. The number of piperidine rings is 1. The maximum absolute atomic E-state index is 14.3. The predicted molar refractivity (Wildman–Crippen MR) is 135 cm³/mol. The van der Waals surface area contributed by atoms with E-state index in [0.29, 0.717) is 30.1 Å². The van der Waals surface area contributed by atoms with Gasteiger partial charge < -0.3 is 10.2 Å². The molecule has 0 spiro atoms. The van der Waals surface area contributed by atoms with Crippen LogP contribution in [0.2, 0.25) is 0 Å². The number of benzene rings is 2. The van der Waals surface area contributed by atoms with Crippen molar-refractivity contribution in [1.29, 1.82) is 0 Å². The number of rotatable bonds is 6. The molecule has 5 rings (SSSR count). The van der Waals surface area contributed by atoms with Crippen molar-refractivity contribution in [2.45, 2.75) is 44.2 Å². The zero-order valence-corrected chi connectivity index (χ0v) is 20.3. The maximum atomic E-state index is 14.3. The molecular weight excluding hydrogens is 427 g/mol. The highest BCUT2D eigenvalue weighted by Crippen LogP contribution is 2.33. The zero-order chi connectivity index (χ0) is 23.5. The van der Waals surface area contributed by atoms with Crippen LogP contribution in [-0.4, -0.2) is 74.1 Å². The Kier molecular flexibility index (Phi) is 7.16. The molecule has 2 aromatic carbocycles. The molecule has 5 nitrogen and oxygen atoms in total. The molecule has 1 N–H and O–H groups in total. The largest absolute Gasteiger partial charge is 0.367 e. The Morgan fingerprint density at radius 3 is 2.29 bits per heavy atom. The number of hydrogen-bond acceptors (Lipinski definition) is 4. The Morgan fingerprint density at radius 1 is 0.941 bits per heavy atom. The SMILES string of the molecule is CNC(=O)CC[C@H]1CN(C2Cc3ccccc3C2)CC[C@H]1N1CCN(c2ccccc2F)CC1. The molecule has 2 atom stereocenters. The topological polar surface area (TPSA) is 38.8 Å². The summed E-state index contributed by atoms with van der Waals surface area (Å²) in [7, 11) is 1.73. The predicted octanol–water partition coefficient (Wildman–Crippen LogP) is 3.33. The second-order valence-corrected chi connectivity index (χ2v) is 10.1. The number of carbonyl (C=O) groups is 1. The van der Waals surface area contributed by atoms with Crippen LogP contribution in [0.1, 0.15) is 30.4 Å². The summed E-state index contributed by atoms with van der Waals surface area (Å²) in [6.45, 7) is 5.78. The number of anilines is 1. The molecule has 0 radical (unpaired) electrons. The van der Waals surface area contributed by atoms with E-state index < -0.39 is 0 Å². The van der Waals surface area contributed by atoms with E-state index in [4.69, 9.17) is 0 Å². The van der Waals surface area contributed by atoms with Crippen molar-refractivity contribution in [3.63, 3.8) is 0 Å². The van der Waals surface area contributed by atoms with Crippen LogP contribution in [0.25, 0.3) is 0 Å². The fourth-order valence-corrected chi connectivity index (χ4v) is 6.38. The van der Waals surface area contributed by atoms with Gasteiger partial charge >= 0.3 is 0 Å². The average Bonchev–Trinajstić information content (AvgIpc) is 3.32. The number of piperazine rings is 1. The molecule has 0 saturated carbocycles. The molecule has 2 aliphatic heterocycles. The first kappa shape index (κ1) is 23.3. The quantitative estimate of drug-likeness (QED) is 0.712. The molecule has 1 aliphatic carbocycles. The molecule has 6 heteroatoms. The summed E-state index contributed by atoms with van der Waals surface area (Å²) in [5.74, 6) is 0.480.